The van der Waals surface area contributed by atoms with Crippen LogP contribution in [0.25, 0.3) is 0 Å². The summed E-state index contributed by atoms with van der Waals surface area (Å²) in [5, 5.41) is 4.37. The molecular formula is C16H29N5O. The number of amides is 1. The van der Waals surface area contributed by atoms with E-state index in [1.165, 1.54) is 32.4 Å². The molecule has 0 saturated carbocycles. The Bertz CT molecular complexity index is 493. The van der Waals surface area contributed by atoms with Crippen LogP contribution in [0.3, 0.4) is 0 Å². The van der Waals surface area contributed by atoms with Gasteiger partial charge in [-0.05, 0) is 46.7 Å². The predicted octanol–water partition coefficient (Wildman–Crippen LogP) is 1.79. The van der Waals surface area contributed by atoms with Gasteiger partial charge in [0.05, 0.1) is 6.04 Å². The molecule has 124 valence electrons. The third-order valence-electron chi connectivity index (χ3n) is 4.42. The SMILES string of the molecule is Cc1nc(C)n([C@@H](C)CC(=O)N(C)CCN2CCCCC2)n1. The Balaban J connectivity index is 1.79. The van der Waals surface area contributed by atoms with E-state index in [1.807, 2.05) is 37.4 Å². The minimum atomic E-state index is 0.0473. The van der Waals surface area contributed by atoms with Crippen molar-refractivity contribution in [1.29, 1.82) is 0 Å². The second-order valence-electron chi connectivity index (χ2n) is 6.42. The third kappa shape index (κ3) is 4.53. The Morgan fingerprint density at radius 1 is 1.27 bits per heavy atom. The first kappa shape index (κ1) is 16.9. The van der Waals surface area contributed by atoms with Crippen LogP contribution in [-0.2, 0) is 4.79 Å². The summed E-state index contributed by atoms with van der Waals surface area (Å²) in [7, 11) is 1.90. The molecule has 22 heavy (non-hydrogen) atoms. The number of aryl methyl sites for hydroxylation is 2. The van der Waals surface area contributed by atoms with Crippen LogP contribution < -0.4 is 0 Å². The lowest BCUT2D eigenvalue weighted by Gasteiger charge is -2.29. The Morgan fingerprint density at radius 3 is 2.55 bits per heavy atom. The maximum absolute atomic E-state index is 12.4. The maximum atomic E-state index is 12.4. The van der Waals surface area contributed by atoms with Crippen molar-refractivity contribution in [2.24, 2.45) is 0 Å². The highest BCUT2D eigenvalue weighted by atomic mass is 16.2. The molecule has 1 aromatic heterocycles. The first-order valence-electron chi connectivity index (χ1n) is 8.33. The van der Waals surface area contributed by atoms with Gasteiger partial charge < -0.3 is 9.80 Å². The summed E-state index contributed by atoms with van der Waals surface area (Å²) in [5.74, 6) is 1.81. The lowest BCUT2D eigenvalue weighted by Crippen LogP contribution is -2.39. The van der Waals surface area contributed by atoms with Gasteiger partial charge >= 0.3 is 0 Å². The maximum Gasteiger partial charge on any atom is 0.224 e. The molecule has 0 spiro atoms. The third-order valence-corrected chi connectivity index (χ3v) is 4.42. The van der Waals surface area contributed by atoms with Crippen LogP contribution in [0, 0.1) is 13.8 Å². The molecule has 0 aliphatic carbocycles. The standard InChI is InChI=1S/C16H29N5O/c1-13(21-15(3)17-14(2)18-21)12-16(22)19(4)10-11-20-8-6-5-7-9-20/h13H,5-12H2,1-4H3/t13-/m0/s1. The lowest BCUT2D eigenvalue weighted by molar-refractivity contribution is -0.130. The molecule has 1 amide bonds. The highest BCUT2D eigenvalue weighted by Gasteiger charge is 2.18. The number of hydrogen-bond donors (Lipinski definition) is 0. The Labute approximate surface area is 133 Å². The van der Waals surface area contributed by atoms with E-state index >= 15 is 0 Å². The Morgan fingerprint density at radius 2 is 1.95 bits per heavy atom. The predicted molar refractivity (Wildman–Crippen MR) is 86.8 cm³/mol. The summed E-state index contributed by atoms with van der Waals surface area (Å²) in [6, 6.07) is 0.0473. The van der Waals surface area contributed by atoms with E-state index in [0.29, 0.717) is 6.42 Å². The van der Waals surface area contributed by atoms with Crippen LogP contribution in [0.4, 0.5) is 0 Å². The Kier molecular flexibility index (Phi) is 5.94. The van der Waals surface area contributed by atoms with Crippen molar-refractivity contribution in [3.05, 3.63) is 11.6 Å². The van der Waals surface area contributed by atoms with Gasteiger partial charge in [0.2, 0.25) is 5.91 Å². The molecule has 0 bridgehead atoms. The first-order valence-corrected chi connectivity index (χ1v) is 8.33. The van der Waals surface area contributed by atoms with E-state index in [4.69, 9.17) is 0 Å². The van der Waals surface area contributed by atoms with E-state index < -0.39 is 0 Å². The Hall–Kier alpha value is -1.43. The number of piperidine rings is 1. The molecule has 0 radical (unpaired) electrons. The molecule has 2 rings (SSSR count). The second-order valence-corrected chi connectivity index (χ2v) is 6.42. The quantitative estimate of drug-likeness (QED) is 0.804. The van der Waals surface area contributed by atoms with E-state index in [9.17, 15) is 4.79 Å². The topological polar surface area (TPSA) is 54.3 Å². The summed E-state index contributed by atoms with van der Waals surface area (Å²) in [4.78, 5) is 21.0. The zero-order chi connectivity index (χ0) is 16.1. The molecule has 6 nitrogen and oxygen atoms in total. The number of aromatic nitrogens is 3. The molecule has 1 aliphatic heterocycles. The summed E-state index contributed by atoms with van der Waals surface area (Å²) in [5.41, 5.74) is 0. The highest BCUT2D eigenvalue weighted by Crippen LogP contribution is 2.14. The van der Waals surface area contributed by atoms with Crippen molar-refractivity contribution in [2.75, 3.05) is 33.2 Å². The van der Waals surface area contributed by atoms with Gasteiger partial charge in [0.25, 0.3) is 0 Å². The zero-order valence-electron chi connectivity index (χ0n) is 14.4. The molecular weight excluding hydrogens is 278 g/mol. The van der Waals surface area contributed by atoms with Gasteiger partial charge in [0.15, 0.2) is 0 Å². The molecule has 1 aliphatic rings. The molecule has 0 aromatic carbocycles. The molecule has 6 heteroatoms. The normalized spacial score (nSPS) is 17.5. The van der Waals surface area contributed by atoms with E-state index in [-0.39, 0.29) is 11.9 Å². The van der Waals surface area contributed by atoms with Crippen LogP contribution >= 0.6 is 0 Å². The number of rotatable bonds is 6. The largest absolute Gasteiger partial charge is 0.344 e. The number of likely N-dealkylation sites (tertiary alicyclic amines) is 1. The number of likely N-dealkylation sites (N-methyl/N-ethyl adjacent to an activating group) is 1. The summed E-state index contributed by atoms with van der Waals surface area (Å²) in [6.07, 6.45) is 4.40. The molecule has 1 saturated heterocycles. The molecule has 1 atom stereocenters. The summed E-state index contributed by atoms with van der Waals surface area (Å²) >= 11 is 0. The van der Waals surface area contributed by atoms with Crippen molar-refractivity contribution in [1.82, 2.24) is 24.6 Å². The van der Waals surface area contributed by atoms with E-state index in [0.717, 1.165) is 24.7 Å². The molecule has 0 N–H and O–H groups in total. The first-order chi connectivity index (χ1) is 10.5. The van der Waals surface area contributed by atoms with E-state index in [1.54, 1.807) is 0 Å². The number of hydrogen-bond acceptors (Lipinski definition) is 4. The fourth-order valence-corrected chi connectivity index (χ4v) is 3.05. The summed E-state index contributed by atoms with van der Waals surface area (Å²) < 4.78 is 1.85. The molecule has 1 fully saturated rings. The lowest BCUT2D eigenvalue weighted by atomic mass is 10.1. The van der Waals surface area contributed by atoms with Gasteiger partial charge in [-0.2, -0.15) is 5.10 Å². The van der Waals surface area contributed by atoms with Gasteiger partial charge in [-0.3, -0.25) is 4.79 Å². The van der Waals surface area contributed by atoms with Crippen LogP contribution in [-0.4, -0.2) is 63.7 Å². The molecule has 1 aromatic rings. The van der Waals surface area contributed by atoms with Crippen molar-refractivity contribution in [3.63, 3.8) is 0 Å². The van der Waals surface area contributed by atoms with Crippen molar-refractivity contribution >= 4 is 5.91 Å². The molecule has 2 heterocycles. The van der Waals surface area contributed by atoms with Crippen molar-refractivity contribution in [2.45, 2.75) is 52.5 Å². The minimum absolute atomic E-state index is 0.0473. The van der Waals surface area contributed by atoms with Gasteiger partial charge in [-0.25, -0.2) is 9.67 Å². The summed E-state index contributed by atoms with van der Waals surface area (Å²) in [6.45, 7) is 9.98. The minimum Gasteiger partial charge on any atom is -0.344 e. The fraction of sp³-hybridized carbons (Fsp3) is 0.812. The highest BCUT2D eigenvalue weighted by molar-refractivity contribution is 5.76. The number of nitrogens with zero attached hydrogens (tertiary/aromatic N) is 5. The monoisotopic (exact) mass is 307 g/mol. The second kappa shape index (κ2) is 7.72. The number of carbonyl (C=O) groups is 1. The van der Waals surface area contributed by atoms with Gasteiger partial charge in [-0.1, -0.05) is 6.42 Å². The average molecular weight is 307 g/mol. The van der Waals surface area contributed by atoms with Crippen LogP contribution in [0.2, 0.25) is 0 Å². The van der Waals surface area contributed by atoms with Crippen molar-refractivity contribution < 1.29 is 4.79 Å². The van der Waals surface area contributed by atoms with Gasteiger partial charge in [-0.15, -0.1) is 0 Å². The van der Waals surface area contributed by atoms with Crippen LogP contribution in [0.1, 0.15) is 50.3 Å². The number of carbonyl (C=O) groups excluding carboxylic acids is 1. The average Bonchev–Trinajstić information content (AvgIpc) is 2.84. The van der Waals surface area contributed by atoms with Crippen LogP contribution in [0.15, 0.2) is 0 Å². The smallest absolute Gasteiger partial charge is 0.224 e. The van der Waals surface area contributed by atoms with E-state index in [2.05, 4.69) is 15.0 Å². The van der Waals surface area contributed by atoms with Gasteiger partial charge in [0, 0.05) is 26.6 Å². The van der Waals surface area contributed by atoms with Gasteiger partial charge in [0.1, 0.15) is 11.6 Å². The molecule has 0 unspecified atom stereocenters. The fourth-order valence-electron chi connectivity index (χ4n) is 3.05. The zero-order valence-corrected chi connectivity index (χ0v) is 14.4. The van der Waals surface area contributed by atoms with Crippen LogP contribution in [0.5, 0.6) is 0 Å². The van der Waals surface area contributed by atoms with Crippen molar-refractivity contribution in [3.8, 4) is 0 Å².